The maximum Gasteiger partial charge on any atom is 0.337 e. The van der Waals surface area contributed by atoms with Crippen molar-refractivity contribution < 1.29 is 13.9 Å². The second-order valence-corrected chi connectivity index (χ2v) is 6.28. The number of nitrogens with zero attached hydrogens (tertiary/aromatic N) is 3. The molecule has 136 valence electrons. The molecule has 0 bridgehead atoms. The van der Waals surface area contributed by atoms with Crippen LogP contribution in [0.4, 0.5) is 15.8 Å². The topological polar surface area (TPSA) is 36.0 Å². The van der Waals surface area contributed by atoms with Gasteiger partial charge in [0.2, 0.25) is 0 Å². The van der Waals surface area contributed by atoms with E-state index in [2.05, 4.69) is 6.58 Å². The Labute approximate surface area is 152 Å². The molecule has 26 heavy (non-hydrogen) atoms. The van der Waals surface area contributed by atoms with Gasteiger partial charge in [0.25, 0.3) is 0 Å². The minimum absolute atomic E-state index is 0.259. The predicted molar refractivity (Wildman–Crippen MR) is 100 cm³/mol. The summed E-state index contributed by atoms with van der Waals surface area (Å²) in [6.45, 7) is 6.34. The summed E-state index contributed by atoms with van der Waals surface area (Å²) in [4.78, 5) is 13.9. The molecule has 0 spiro atoms. The third-order valence-electron chi connectivity index (χ3n) is 4.84. The zero-order chi connectivity index (χ0) is 19.0. The van der Waals surface area contributed by atoms with Crippen LogP contribution in [0.25, 0.3) is 0 Å². The molecule has 0 N–H and O–H groups in total. The second kappa shape index (κ2) is 6.71. The van der Waals surface area contributed by atoms with E-state index in [1.165, 1.54) is 13.2 Å². The molecule has 2 aromatic rings. The average molecular weight is 355 g/mol. The minimum atomic E-state index is -0.415. The number of carbonyl (C=O) groups excluding carboxylic acids is 1. The quantitative estimate of drug-likeness (QED) is 0.785. The van der Waals surface area contributed by atoms with Crippen LogP contribution in [0.3, 0.4) is 0 Å². The van der Waals surface area contributed by atoms with Crippen molar-refractivity contribution in [3.63, 3.8) is 0 Å². The van der Waals surface area contributed by atoms with Gasteiger partial charge in [-0.2, -0.15) is 0 Å². The number of rotatable bonds is 3. The molecule has 3 rings (SSSR count). The first-order chi connectivity index (χ1) is 12.3. The molecule has 0 unspecified atom stereocenters. The van der Waals surface area contributed by atoms with E-state index in [1.807, 2.05) is 48.1 Å². The number of fused-ring (bicyclic) bond motifs is 1. The van der Waals surface area contributed by atoms with E-state index >= 15 is 0 Å². The Balaban J connectivity index is 2.11. The number of hydrogen-bond acceptors (Lipinski definition) is 5. The first-order valence-electron chi connectivity index (χ1n) is 8.25. The van der Waals surface area contributed by atoms with E-state index in [0.717, 1.165) is 16.9 Å². The molecule has 0 aromatic heterocycles. The van der Waals surface area contributed by atoms with Gasteiger partial charge in [-0.3, -0.25) is 10.0 Å². The fourth-order valence-corrected chi connectivity index (χ4v) is 3.11. The Bertz CT molecular complexity index is 861. The van der Waals surface area contributed by atoms with Gasteiger partial charge in [0.05, 0.1) is 30.6 Å². The summed E-state index contributed by atoms with van der Waals surface area (Å²) in [7, 11) is 5.15. The number of ether oxygens (including phenoxy) is 1. The highest BCUT2D eigenvalue weighted by Crippen LogP contribution is 2.39. The molecule has 0 radical (unpaired) electrons. The highest BCUT2D eigenvalue weighted by molar-refractivity contribution is 5.93. The van der Waals surface area contributed by atoms with E-state index in [9.17, 15) is 9.18 Å². The van der Waals surface area contributed by atoms with Gasteiger partial charge >= 0.3 is 5.97 Å². The SMILES string of the molecule is C=C1N(Cc2c(C)cccc2F)c2cc(C(=O)OC)ccc2N(C)N1C. The number of hydrogen-bond donors (Lipinski definition) is 0. The number of benzene rings is 2. The summed E-state index contributed by atoms with van der Waals surface area (Å²) in [5, 5.41) is 3.82. The maximum absolute atomic E-state index is 14.4. The van der Waals surface area contributed by atoms with Crippen LogP contribution >= 0.6 is 0 Å². The second-order valence-electron chi connectivity index (χ2n) is 6.28. The predicted octanol–water partition coefficient (Wildman–Crippen LogP) is 3.70. The number of carbonyl (C=O) groups is 1. The molecule has 0 aliphatic carbocycles. The van der Waals surface area contributed by atoms with Crippen molar-refractivity contribution in [3.8, 4) is 0 Å². The van der Waals surface area contributed by atoms with Crippen LogP contribution in [0.5, 0.6) is 0 Å². The third-order valence-corrected chi connectivity index (χ3v) is 4.84. The smallest absolute Gasteiger partial charge is 0.337 e. The summed E-state index contributed by atoms with van der Waals surface area (Å²) in [6, 6.07) is 10.4. The van der Waals surface area contributed by atoms with Gasteiger partial charge in [0.1, 0.15) is 11.6 Å². The van der Waals surface area contributed by atoms with Crippen LogP contribution < -0.4 is 9.91 Å². The van der Waals surface area contributed by atoms with E-state index in [4.69, 9.17) is 4.74 Å². The fourth-order valence-electron chi connectivity index (χ4n) is 3.11. The molecule has 1 aliphatic rings. The van der Waals surface area contributed by atoms with Gasteiger partial charge < -0.3 is 9.64 Å². The van der Waals surface area contributed by atoms with Crippen molar-refractivity contribution in [2.24, 2.45) is 0 Å². The minimum Gasteiger partial charge on any atom is -0.465 e. The summed E-state index contributed by atoms with van der Waals surface area (Å²) < 4.78 is 19.2. The molecule has 0 fully saturated rings. The number of aryl methyl sites for hydroxylation is 1. The molecule has 0 saturated heterocycles. The van der Waals surface area contributed by atoms with Crippen molar-refractivity contribution in [2.75, 3.05) is 31.1 Å². The Morgan fingerprint density at radius 1 is 1.15 bits per heavy atom. The molecule has 1 heterocycles. The molecule has 0 amide bonds. The lowest BCUT2D eigenvalue weighted by Crippen LogP contribution is -2.47. The highest BCUT2D eigenvalue weighted by Gasteiger charge is 2.29. The third kappa shape index (κ3) is 2.87. The zero-order valence-electron chi connectivity index (χ0n) is 15.4. The Morgan fingerprint density at radius 3 is 2.54 bits per heavy atom. The van der Waals surface area contributed by atoms with E-state index in [0.29, 0.717) is 23.5 Å². The van der Waals surface area contributed by atoms with Gasteiger partial charge in [-0.15, -0.1) is 0 Å². The standard InChI is InChI=1S/C20H22FN3O2/c1-13-7-6-8-17(21)16(13)12-24-14(2)22(3)23(4)18-10-9-15(11-19(18)24)20(25)26-5/h6-11H,2,12H2,1,3-5H3. The number of anilines is 2. The van der Waals surface area contributed by atoms with Crippen LogP contribution in [-0.4, -0.2) is 32.2 Å². The number of esters is 1. The largest absolute Gasteiger partial charge is 0.465 e. The summed E-state index contributed by atoms with van der Waals surface area (Å²) in [5.41, 5.74) is 3.57. The number of halogens is 1. The fraction of sp³-hybridized carbons (Fsp3) is 0.250. The lowest BCUT2D eigenvalue weighted by molar-refractivity contribution is 0.0600. The zero-order valence-corrected chi connectivity index (χ0v) is 15.4. The summed E-state index contributed by atoms with van der Waals surface area (Å²) in [6.07, 6.45) is 0. The van der Waals surface area contributed by atoms with E-state index in [-0.39, 0.29) is 5.82 Å². The van der Waals surface area contributed by atoms with Gasteiger partial charge in [0.15, 0.2) is 0 Å². The number of hydrazine groups is 1. The lowest BCUT2D eigenvalue weighted by Gasteiger charge is -2.45. The maximum atomic E-state index is 14.4. The number of methoxy groups -OCH3 is 1. The van der Waals surface area contributed by atoms with Crippen LogP contribution in [0.2, 0.25) is 0 Å². The molecule has 1 aliphatic heterocycles. The monoisotopic (exact) mass is 355 g/mol. The van der Waals surface area contributed by atoms with Crippen LogP contribution in [0.15, 0.2) is 48.8 Å². The Hall–Kier alpha value is -3.02. The van der Waals surface area contributed by atoms with Crippen molar-refractivity contribution in [1.82, 2.24) is 5.01 Å². The van der Waals surface area contributed by atoms with Crippen molar-refractivity contribution in [2.45, 2.75) is 13.5 Å². The molecule has 2 aromatic carbocycles. The van der Waals surface area contributed by atoms with Gasteiger partial charge in [-0.25, -0.2) is 9.18 Å². The van der Waals surface area contributed by atoms with Crippen LogP contribution in [0.1, 0.15) is 21.5 Å². The Kier molecular flexibility index (Phi) is 4.59. The van der Waals surface area contributed by atoms with Crippen molar-refractivity contribution in [1.29, 1.82) is 0 Å². The first kappa shape index (κ1) is 17.8. The molecule has 0 saturated carbocycles. The molecular weight excluding hydrogens is 333 g/mol. The lowest BCUT2D eigenvalue weighted by atomic mass is 10.1. The highest BCUT2D eigenvalue weighted by atomic mass is 19.1. The van der Waals surface area contributed by atoms with Crippen molar-refractivity contribution in [3.05, 3.63) is 71.3 Å². The van der Waals surface area contributed by atoms with Gasteiger partial charge in [0, 0.05) is 19.7 Å². The van der Waals surface area contributed by atoms with Crippen molar-refractivity contribution >= 4 is 17.3 Å². The normalized spacial score (nSPS) is 13.7. The first-order valence-corrected chi connectivity index (χ1v) is 8.25. The van der Waals surface area contributed by atoms with E-state index in [1.54, 1.807) is 18.2 Å². The van der Waals surface area contributed by atoms with Gasteiger partial charge in [-0.05, 0) is 36.8 Å². The molecule has 5 nitrogen and oxygen atoms in total. The molecule has 0 atom stereocenters. The van der Waals surface area contributed by atoms with Crippen LogP contribution in [0, 0.1) is 12.7 Å². The summed E-state index contributed by atoms with van der Waals surface area (Å²) >= 11 is 0. The average Bonchev–Trinajstić information content (AvgIpc) is 2.64. The molecular formula is C20H22FN3O2. The summed E-state index contributed by atoms with van der Waals surface area (Å²) in [5.74, 6) is 0.0109. The molecule has 6 heteroatoms. The van der Waals surface area contributed by atoms with E-state index < -0.39 is 5.97 Å². The van der Waals surface area contributed by atoms with Crippen LogP contribution in [-0.2, 0) is 11.3 Å². The Morgan fingerprint density at radius 2 is 1.88 bits per heavy atom. The van der Waals surface area contributed by atoms with Gasteiger partial charge in [-0.1, -0.05) is 18.7 Å².